The Morgan fingerprint density at radius 2 is 2.06 bits per heavy atom. The summed E-state index contributed by atoms with van der Waals surface area (Å²) in [6.07, 6.45) is 3.52. The van der Waals surface area contributed by atoms with Crippen molar-refractivity contribution in [1.82, 2.24) is 0 Å². The summed E-state index contributed by atoms with van der Waals surface area (Å²) in [5.41, 5.74) is 6.64. The summed E-state index contributed by atoms with van der Waals surface area (Å²) in [5, 5.41) is 10.4. The number of hydrogen-bond donors (Lipinski definition) is 2. The highest BCUT2D eigenvalue weighted by atomic mass is 79.9. The summed E-state index contributed by atoms with van der Waals surface area (Å²) in [6.45, 7) is 0. The molecule has 1 aliphatic carbocycles. The monoisotopic (exact) mass is 297 g/mol. The third kappa shape index (κ3) is 1.70. The normalized spacial score (nSPS) is 30.1. The maximum atomic E-state index is 10.4. The van der Waals surface area contributed by atoms with Gasteiger partial charge in [-0.3, -0.25) is 0 Å². The molecule has 2 aliphatic rings. The lowest BCUT2D eigenvalue weighted by Gasteiger charge is -2.43. The molecule has 0 saturated heterocycles. The zero-order valence-electron chi connectivity index (χ0n) is 9.53. The standard InChI is InChI=1S/C13H16BrNO2/c14-8-3-4-10-9(7-8)11(16)12(15)13(17-10)5-1-2-6-13/h3-4,7,11-12,16H,1-2,5-6,15H2. The Kier molecular flexibility index (Phi) is 2.69. The molecule has 1 aliphatic heterocycles. The molecule has 0 amide bonds. The number of nitrogens with two attached hydrogens (primary N) is 1. The molecule has 17 heavy (non-hydrogen) atoms. The maximum Gasteiger partial charge on any atom is 0.127 e. The van der Waals surface area contributed by atoms with Gasteiger partial charge in [0.25, 0.3) is 0 Å². The highest BCUT2D eigenvalue weighted by molar-refractivity contribution is 9.10. The van der Waals surface area contributed by atoms with Crippen molar-refractivity contribution in [2.24, 2.45) is 5.73 Å². The van der Waals surface area contributed by atoms with E-state index in [2.05, 4.69) is 15.9 Å². The van der Waals surface area contributed by atoms with E-state index >= 15 is 0 Å². The van der Waals surface area contributed by atoms with Gasteiger partial charge in [-0.25, -0.2) is 0 Å². The fourth-order valence-electron chi connectivity index (χ4n) is 3.02. The highest BCUT2D eigenvalue weighted by Gasteiger charge is 2.49. The second-order valence-corrected chi connectivity index (χ2v) is 5.94. The second kappa shape index (κ2) is 3.97. The van der Waals surface area contributed by atoms with E-state index in [-0.39, 0.29) is 11.6 Å². The van der Waals surface area contributed by atoms with Crippen LogP contribution in [0.5, 0.6) is 5.75 Å². The SMILES string of the molecule is NC1C(O)c2cc(Br)ccc2OC12CCCC2. The van der Waals surface area contributed by atoms with Crippen LogP contribution in [0.1, 0.15) is 37.4 Å². The van der Waals surface area contributed by atoms with Crippen LogP contribution in [-0.2, 0) is 0 Å². The van der Waals surface area contributed by atoms with E-state index in [4.69, 9.17) is 10.5 Å². The molecule has 4 heteroatoms. The van der Waals surface area contributed by atoms with Crippen LogP contribution in [0.4, 0.5) is 0 Å². The van der Waals surface area contributed by atoms with E-state index in [1.54, 1.807) is 0 Å². The number of halogens is 1. The maximum absolute atomic E-state index is 10.4. The average Bonchev–Trinajstić information content (AvgIpc) is 2.77. The molecule has 3 nitrogen and oxygen atoms in total. The van der Waals surface area contributed by atoms with Crippen LogP contribution in [0.3, 0.4) is 0 Å². The van der Waals surface area contributed by atoms with Crippen molar-refractivity contribution in [1.29, 1.82) is 0 Å². The largest absolute Gasteiger partial charge is 0.485 e. The first-order valence-corrected chi connectivity index (χ1v) is 6.84. The molecule has 1 heterocycles. The fourth-order valence-corrected chi connectivity index (χ4v) is 3.40. The first kappa shape index (κ1) is 11.5. The molecule has 1 fully saturated rings. The van der Waals surface area contributed by atoms with Gasteiger partial charge in [-0.05, 0) is 43.9 Å². The molecule has 0 aromatic heterocycles. The zero-order valence-corrected chi connectivity index (χ0v) is 11.1. The van der Waals surface area contributed by atoms with Crippen molar-refractivity contribution in [3.63, 3.8) is 0 Å². The Hall–Kier alpha value is -0.580. The molecule has 3 N–H and O–H groups in total. The van der Waals surface area contributed by atoms with Gasteiger partial charge in [-0.1, -0.05) is 15.9 Å². The first-order chi connectivity index (χ1) is 8.12. The number of ether oxygens (including phenoxy) is 1. The number of aliphatic hydroxyl groups excluding tert-OH is 1. The summed E-state index contributed by atoms with van der Waals surface area (Å²) in [7, 11) is 0. The molecule has 2 atom stereocenters. The number of hydrogen-bond acceptors (Lipinski definition) is 3. The minimum Gasteiger partial charge on any atom is -0.485 e. The van der Waals surface area contributed by atoms with Crippen molar-refractivity contribution < 1.29 is 9.84 Å². The lowest BCUT2D eigenvalue weighted by Crippen LogP contribution is -2.56. The third-order valence-electron chi connectivity index (χ3n) is 4.00. The number of aliphatic hydroxyl groups is 1. The van der Waals surface area contributed by atoms with E-state index in [0.717, 1.165) is 41.5 Å². The number of benzene rings is 1. The lowest BCUT2D eigenvalue weighted by molar-refractivity contribution is -0.0316. The van der Waals surface area contributed by atoms with Gasteiger partial charge in [0, 0.05) is 10.0 Å². The van der Waals surface area contributed by atoms with Crippen molar-refractivity contribution in [3.8, 4) is 5.75 Å². The van der Waals surface area contributed by atoms with Gasteiger partial charge < -0.3 is 15.6 Å². The predicted octanol–water partition coefficient (Wildman–Crippen LogP) is 2.52. The molecular formula is C13H16BrNO2. The quantitative estimate of drug-likeness (QED) is 0.774. The Morgan fingerprint density at radius 3 is 2.76 bits per heavy atom. The smallest absolute Gasteiger partial charge is 0.127 e. The Morgan fingerprint density at radius 1 is 1.35 bits per heavy atom. The molecule has 2 unspecified atom stereocenters. The Labute approximate surface area is 109 Å². The topological polar surface area (TPSA) is 55.5 Å². The molecule has 3 rings (SSSR count). The van der Waals surface area contributed by atoms with Gasteiger partial charge in [0.2, 0.25) is 0 Å². The van der Waals surface area contributed by atoms with Gasteiger partial charge in [0.15, 0.2) is 0 Å². The molecule has 92 valence electrons. The molecule has 1 aromatic rings. The van der Waals surface area contributed by atoms with Crippen LogP contribution in [0.2, 0.25) is 0 Å². The Balaban J connectivity index is 2.05. The summed E-state index contributed by atoms with van der Waals surface area (Å²) >= 11 is 3.41. The van der Waals surface area contributed by atoms with Crippen molar-refractivity contribution in [2.45, 2.75) is 43.4 Å². The summed E-state index contributed by atoms with van der Waals surface area (Å²) in [4.78, 5) is 0. The molecule has 1 aromatic carbocycles. The second-order valence-electron chi connectivity index (χ2n) is 5.03. The van der Waals surface area contributed by atoms with Crippen LogP contribution >= 0.6 is 15.9 Å². The Bertz CT molecular complexity index is 443. The number of rotatable bonds is 0. The zero-order chi connectivity index (χ0) is 12.0. The van der Waals surface area contributed by atoms with Gasteiger partial charge >= 0.3 is 0 Å². The molecule has 0 radical (unpaired) electrons. The van der Waals surface area contributed by atoms with E-state index < -0.39 is 6.10 Å². The van der Waals surface area contributed by atoms with E-state index in [0.29, 0.717) is 0 Å². The minimum atomic E-state index is -0.630. The summed E-state index contributed by atoms with van der Waals surface area (Å²) in [5.74, 6) is 0.782. The molecule has 1 spiro atoms. The van der Waals surface area contributed by atoms with Gasteiger partial charge in [-0.15, -0.1) is 0 Å². The minimum absolute atomic E-state index is 0.327. The summed E-state index contributed by atoms with van der Waals surface area (Å²) in [6, 6.07) is 5.41. The van der Waals surface area contributed by atoms with Crippen LogP contribution in [0.15, 0.2) is 22.7 Å². The summed E-state index contributed by atoms with van der Waals surface area (Å²) < 4.78 is 7.05. The van der Waals surface area contributed by atoms with E-state index in [1.807, 2.05) is 18.2 Å². The molecule has 1 saturated carbocycles. The van der Waals surface area contributed by atoms with E-state index in [1.165, 1.54) is 0 Å². The first-order valence-electron chi connectivity index (χ1n) is 6.04. The average molecular weight is 298 g/mol. The van der Waals surface area contributed by atoms with Gasteiger partial charge in [0.1, 0.15) is 17.5 Å². The van der Waals surface area contributed by atoms with Crippen molar-refractivity contribution in [2.75, 3.05) is 0 Å². The van der Waals surface area contributed by atoms with Crippen LogP contribution in [0.25, 0.3) is 0 Å². The van der Waals surface area contributed by atoms with E-state index in [9.17, 15) is 5.11 Å². The van der Waals surface area contributed by atoms with Crippen LogP contribution < -0.4 is 10.5 Å². The van der Waals surface area contributed by atoms with Crippen LogP contribution in [0, 0.1) is 0 Å². The van der Waals surface area contributed by atoms with Gasteiger partial charge in [-0.2, -0.15) is 0 Å². The molecule has 0 bridgehead atoms. The number of fused-ring (bicyclic) bond motifs is 1. The predicted molar refractivity (Wildman–Crippen MR) is 68.9 cm³/mol. The third-order valence-corrected chi connectivity index (χ3v) is 4.49. The highest BCUT2D eigenvalue weighted by Crippen LogP contribution is 2.46. The fraction of sp³-hybridized carbons (Fsp3) is 0.538. The molecular weight excluding hydrogens is 282 g/mol. The van der Waals surface area contributed by atoms with Crippen molar-refractivity contribution >= 4 is 15.9 Å². The van der Waals surface area contributed by atoms with Gasteiger partial charge in [0.05, 0.1) is 6.04 Å². The lowest BCUT2D eigenvalue weighted by atomic mass is 9.83. The van der Waals surface area contributed by atoms with Crippen LogP contribution in [-0.4, -0.2) is 16.7 Å². The van der Waals surface area contributed by atoms with Crippen molar-refractivity contribution in [3.05, 3.63) is 28.2 Å².